The molecule has 1 aromatic rings. The number of rotatable bonds is 4. The second-order valence-electron chi connectivity index (χ2n) is 4.33. The third-order valence-electron chi connectivity index (χ3n) is 3.05. The lowest BCUT2D eigenvalue weighted by molar-refractivity contribution is -0.0304. The standard InChI is InChI=1S/C12H16BrNO5S/c1-18-11-3-2-9(13)6-12(11)20(16,17)14-4-5-19-10(7-14)8-15/h2-3,6,10,15H,4-5,7-8H2,1H3. The van der Waals surface area contributed by atoms with Crippen molar-refractivity contribution < 1.29 is 23.0 Å². The first-order valence-electron chi connectivity index (χ1n) is 6.05. The van der Waals surface area contributed by atoms with Crippen LogP contribution in [-0.2, 0) is 14.8 Å². The lowest BCUT2D eigenvalue weighted by atomic mass is 10.3. The fourth-order valence-electron chi connectivity index (χ4n) is 2.01. The highest BCUT2D eigenvalue weighted by molar-refractivity contribution is 9.10. The Morgan fingerprint density at radius 2 is 2.30 bits per heavy atom. The highest BCUT2D eigenvalue weighted by Crippen LogP contribution is 2.30. The van der Waals surface area contributed by atoms with Gasteiger partial charge in [0.15, 0.2) is 0 Å². The minimum absolute atomic E-state index is 0.105. The van der Waals surface area contributed by atoms with E-state index in [9.17, 15) is 8.42 Å². The predicted octanol–water partition coefficient (Wildman–Crippen LogP) is 0.839. The first kappa shape index (κ1) is 15.7. The van der Waals surface area contributed by atoms with Gasteiger partial charge in [0.25, 0.3) is 0 Å². The Balaban J connectivity index is 2.37. The summed E-state index contributed by atoms with van der Waals surface area (Å²) in [6.45, 7) is 0.450. The van der Waals surface area contributed by atoms with Crippen molar-refractivity contribution in [1.29, 1.82) is 0 Å². The van der Waals surface area contributed by atoms with Crippen LogP contribution in [0.1, 0.15) is 0 Å². The van der Waals surface area contributed by atoms with E-state index in [2.05, 4.69) is 15.9 Å². The fourth-order valence-corrected chi connectivity index (χ4v) is 4.16. The summed E-state index contributed by atoms with van der Waals surface area (Å²) in [6, 6.07) is 4.83. The average Bonchev–Trinajstić information content (AvgIpc) is 2.47. The molecule has 112 valence electrons. The quantitative estimate of drug-likeness (QED) is 0.855. The number of hydrogen-bond acceptors (Lipinski definition) is 5. The van der Waals surface area contributed by atoms with Crippen molar-refractivity contribution >= 4 is 26.0 Å². The van der Waals surface area contributed by atoms with Gasteiger partial charge < -0.3 is 14.6 Å². The molecule has 1 unspecified atom stereocenters. The number of methoxy groups -OCH3 is 1. The maximum atomic E-state index is 12.7. The summed E-state index contributed by atoms with van der Waals surface area (Å²) < 4.78 is 37.7. The molecule has 1 atom stereocenters. The largest absolute Gasteiger partial charge is 0.495 e. The molecule has 20 heavy (non-hydrogen) atoms. The Labute approximate surface area is 126 Å². The van der Waals surface area contributed by atoms with Crippen molar-refractivity contribution in [3.05, 3.63) is 22.7 Å². The lowest BCUT2D eigenvalue weighted by Gasteiger charge is -2.31. The number of ether oxygens (including phenoxy) is 2. The van der Waals surface area contributed by atoms with Gasteiger partial charge in [-0.1, -0.05) is 15.9 Å². The number of aliphatic hydroxyl groups excluding tert-OH is 1. The van der Waals surface area contributed by atoms with Gasteiger partial charge in [-0.25, -0.2) is 8.42 Å². The maximum absolute atomic E-state index is 12.7. The second kappa shape index (κ2) is 6.40. The summed E-state index contributed by atoms with van der Waals surface area (Å²) in [5.74, 6) is 0.292. The zero-order valence-corrected chi connectivity index (χ0v) is 13.4. The van der Waals surface area contributed by atoms with Crippen LogP contribution in [0.2, 0.25) is 0 Å². The molecule has 1 heterocycles. The molecule has 0 amide bonds. The Kier molecular flexibility index (Phi) is 5.03. The molecule has 1 aliphatic heterocycles. The van der Waals surface area contributed by atoms with Crippen LogP contribution in [0.25, 0.3) is 0 Å². The van der Waals surface area contributed by atoms with Crippen molar-refractivity contribution in [1.82, 2.24) is 4.31 Å². The molecule has 0 spiro atoms. The molecule has 0 saturated carbocycles. The maximum Gasteiger partial charge on any atom is 0.246 e. The van der Waals surface area contributed by atoms with Gasteiger partial charge in [-0.2, -0.15) is 4.31 Å². The van der Waals surface area contributed by atoms with E-state index in [4.69, 9.17) is 14.6 Å². The van der Waals surface area contributed by atoms with Crippen molar-refractivity contribution in [2.24, 2.45) is 0 Å². The molecule has 0 radical (unpaired) electrons. The highest BCUT2D eigenvalue weighted by Gasteiger charge is 2.32. The van der Waals surface area contributed by atoms with E-state index in [-0.39, 0.29) is 31.2 Å². The Morgan fingerprint density at radius 1 is 1.55 bits per heavy atom. The summed E-state index contributed by atoms with van der Waals surface area (Å²) in [4.78, 5) is 0.105. The Morgan fingerprint density at radius 3 is 2.95 bits per heavy atom. The molecular formula is C12H16BrNO5S. The smallest absolute Gasteiger partial charge is 0.246 e. The molecule has 1 saturated heterocycles. The van der Waals surface area contributed by atoms with Crippen LogP contribution in [-0.4, -0.2) is 57.3 Å². The van der Waals surface area contributed by atoms with E-state index in [1.54, 1.807) is 12.1 Å². The third kappa shape index (κ3) is 3.15. The van der Waals surface area contributed by atoms with Gasteiger partial charge >= 0.3 is 0 Å². The molecule has 8 heteroatoms. The Hall–Kier alpha value is -0.670. The van der Waals surface area contributed by atoms with E-state index >= 15 is 0 Å². The van der Waals surface area contributed by atoms with E-state index < -0.39 is 16.1 Å². The zero-order valence-electron chi connectivity index (χ0n) is 11.0. The minimum atomic E-state index is -3.68. The van der Waals surface area contributed by atoms with Gasteiger partial charge in [-0.3, -0.25) is 0 Å². The number of sulfonamides is 1. The van der Waals surface area contributed by atoms with Crippen molar-refractivity contribution in [3.63, 3.8) is 0 Å². The molecule has 1 aliphatic rings. The number of hydrogen-bond donors (Lipinski definition) is 1. The van der Waals surface area contributed by atoms with Crippen LogP contribution in [0.5, 0.6) is 5.75 Å². The van der Waals surface area contributed by atoms with Crippen LogP contribution in [0.4, 0.5) is 0 Å². The molecule has 0 aromatic heterocycles. The average molecular weight is 366 g/mol. The summed E-state index contributed by atoms with van der Waals surface area (Å²) >= 11 is 3.26. The normalized spacial score (nSPS) is 20.9. The number of nitrogens with zero attached hydrogens (tertiary/aromatic N) is 1. The summed E-state index contributed by atoms with van der Waals surface area (Å²) in [5, 5.41) is 9.11. The number of halogens is 1. The molecule has 6 nitrogen and oxygen atoms in total. The first-order valence-corrected chi connectivity index (χ1v) is 8.28. The van der Waals surface area contributed by atoms with Crippen LogP contribution in [0.3, 0.4) is 0 Å². The molecular weight excluding hydrogens is 350 g/mol. The van der Waals surface area contributed by atoms with Crippen LogP contribution < -0.4 is 4.74 Å². The van der Waals surface area contributed by atoms with Gasteiger partial charge in [0.2, 0.25) is 10.0 Å². The lowest BCUT2D eigenvalue weighted by Crippen LogP contribution is -2.46. The third-order valence-corrected chi connectivity index (χ3v) is 5.43. The van der Waals surface area contributed by atoms with Crippen LogP contribution in [0.15, 0.2) is 27.6 Å². The molecule has 1 aromatic carbocycles. The molecule has 0 aliphatic carbocycles. The molecule has 0 bridgehead atoms. The van der Waals surface area contributed by atoms with Gasteiger partial charge in [0.1, 0.15) is 10.6 Å². The van der Waals surface area contributed by atoms with Crippen LogP contribution in [0, 0.1) is 0 Å². The minimum Gasteiger partial charge on any atom is -0.495 e. The van der Waals surface area contributed by atoms with Crippen LogP contribution >= 0.6 is 15.9 Å². The molecule has 2 rings (SSSR count). The summed E-state index contributed by atoms with van der Waals surface area (Å²) in [7, 11) is -2.25. The van der Waals surface area contributed by atoms with Gasteiger partial charge in [-0.15, -0.1) is 0 Å². The second-order valence-corrected chi connectivity index (χ2v) is 7.16. The Bertz CT molecular complexity index is 577. The van der Waals surface area contributed by atoms with E-state index in [0.717, 1.165) is 0 Å². The SMILES string of the molecule is COc1ccc(Br)cc1S(=O)(=O)N1CCOC(CO)C1. The monoisotopic (exact) mass is 365 g/mol. The van der Waals surface area contributed by atoms with Crippen molar-refractivity contribution in [2.45, 2.75) is 11.0 Å². The van der Waals surface area contributed by atoms with E-state index in [1.165, 1.54) is 17.5 Å². The number of benzene rings is 1. The summed E-state index contributed by atoms with van der Waals surface area (Å²) in [5.41, 5.74) is 0. The van der Waals surface area contributed by atoms with Gasteiger partial charge in [-0.05, 0) is 18.2 Å². The first-order chi connectivity index (χ1) is 9.48. The highest BCUT2D eigenvalue weighted by atomic mass is 79.9. The van der Waals surface area contributed by atoms with Crippen molar-refractivity contribution in [3.8, 4) is 5.75 Å². The fraction of sp³-hybridized carbons (Fsp3) is 0.500. The van der Waals surface area contributed by atoms with E-state index in [0.29, 0.717) is 10.2 Å². The summed E-state index contributed by atoms with van der Waals surface area (Å²) in [6.07, 6.45) is -0.489. The zero-order chi connectivity index (χ0) is 14.8. The van der Waals surface area contributed by atoms with E-state index in [1.807, 2.05) is 0 Å². The molecule has 1 N–H and O–H groups in total. The molecule has 1 fully saturated rings. The van der Waals surface area contributed by atoms with Crippen molar-refractivity contribution in [2.75, 3.05) is 33.4 Å². The number of aliphatic hydroxyl groups is 1. The number of morpholine rings is 1. The predicted molar refractivity (Wildman–Crippen MR) is 76.3 cm³/mol. The van der Waals surface area contributed by atoms with Gasteiger partial charge in [0.05, 0.1) is 26.4 Å². The van der Waals surface area contributed by atoms with Gasteiger partial charge in [0, 0.05) is 17.6 Å². The topological polar surface area (TPSA) is 76.1 Å².